The van der Waals surface area contributed by atoms with Gasteiger partial charge in [0.1, 0.15) is 30.2 Å². The molecule has 1 saturated heterocycles. The first-order valence-corrected chi connectivity index (χ1v) is 13.2. The average Bonchev–Trinajstić information content (AvgIpc) is 3.51. The van der Waals surface area contributed by atoms with Gasteiger partial charge >= 0.3 is 5.97 Å². The number of aliphatic carboxylic acids is 1. The molecule has 3 heterocycles. The summed E-state index contributed by atoms with van der Waals surface area (Å²) in [6, 6.07) is 17.1. The Hall–Kier alpha value is -3.90. The lowest BCUT2D eigenvalue weighted by atomic mass is 9.85. The maximum atomic E-state index is 12.1. The normalized spacial score (nSPS) is 23.2. The number of aromatic nitrogens is 4. The fraction of sp³-hybridized carbons (Fsp3) is 0.379. The Labute approximate surface area is 231 Å². The monoisotopic (exact) mass is 547 g/mol. The number of imidazole rings is 1. The van der Waals surface area contributed by atoms with E-state index in [1.54, 1.807) is 0 Å². The van der Waals surface area contributed by atoms with Crippen molar-refractivity contribution < 1.29 is 29.6 Å². The van der Waals surface area contributed by atoms with Crippen LogP contribution < -0.4 is 5.73 Å². The fourth-order valence-electron chi connectivity index (χ4n) is 5.34. The van der Waals surface area contributed by atoms with E-state index < -0.39 is 48.6 Å². The lowest BCUT2D eigenvalue weighted by Crippen LogP contribution is -2.44. The van der Waals surface area contributed by atoms with Crippen molar-refractivity contribution in [2.75, 3.05) is 5.73 Å². The SMILES string of the molecule is CC[C@H](OC(C(CC(=O)O)c1ccc(C)cc1)[C@H]1O[C@@H](n2cnc3c(N)ncnc32)[C@H](O)[C@@H]1O)c1ccccc1. The average molecular weight is 548 g/mol. The summed E-state index contributed by atoms with van der Waals surface area (Å²) in [5.74, 6) is -1.55. The van der Waals surface area contributed by atoms with Crippen LogP contribution in [0.5, 0.6) is 0 Å². The van der Waals surface area contributed by atoms with Gasteiger partial charge in [0.25, 0.3) is 0 Å². The summed E-state index contributed by atoms with van der Waals surface area (Å²) >= 11 is 0. The van der Waals surface area contributed by atoms with Crippen LogP contribution in [-0.4, -0.2) is 65.2 Å². The predicted molar refractivity (Wildman–Crippen MR) is 146 cm³/mol. The van der Waals surface area contributed by atoms with Gasteiger partial charge in [0.2, 0.25) is 0 Å². The van der Waals surface area contributed by atoms with Crippen molar-refractivity contribution in [3.8, 4) is 0 Å². The third-order valence-corrected chi connectivity index (χ3v) is 7.42. The highest BCUT2D eigenvalue weighted by Crippen LogP contribution is 2.41. The molecular formula is C29H33N5O6. The lowest BCUT2D eigenvalue weighted by Gasteiger charge is -2.35. The maximum Gasteiger partial charge on any atom is 0.304 e. The van der Waals surface area contributed by atoms with Crippen LogP contribution in [0, 0.1) is 6.92 Å². The second-order valence-corrected chi connectivity index (χ2v) is 10.1. The number of fused-ring (bicyclic) bond motifs is 1. The number of nitrogens with two attached hydrogens (primary N) is 1. The Kier molecular flexibility index (Phi) is 8.08. The van der Waals surface area contributed by atoms with Crippen LogP contribution in [0.4, 0.5) is 5.82 Å². The minimum absolute atomic E-state index is 0.170. The Morgan fingerprint density at radius 3 is 2.45 bits per heavy atom. The van der Waals surface area contributed by atoms with Crippen LogP contribution in [0.25, 0.3) is 11.2 Å². The summed E-state index contributed by atoms with van der Waals surface area (Å²) < 4.78 is 14.5. The highest BCUT2D eigenvalue weighted by Gasteiger charge is 2.51. The first-order chi connectivity index (χ1) is 19.3. The van der Waals surface area contributed by atoms with Crippen LogP contribution in [0.3, 0.4) is 0 Å². The second-order valence-electron chi connectivity index (χ2n) is 10.1. The Morgan fingerprint density at radius 2 is 1.77 bits per heavy atom. The molecule has 0 saturated carbocycles. The smallest absolute Gasteiger partial charge is 0.304 e. The van der Waals surface area contributed by atoms with Crippen molar-refractivity contribution in [2.24, 2.45) is 0 Å². The molecule has 1 aliphatic rings. The number of rotatable bonds is 10. The Balaban J connectivity index is 1.56. The van der Waals surface area contributed by atoms with Gasteiger partial charge in [-0.3, -0.25) is 9.36 Å². The zero-order chi connectivity index (χ0) is 28.4. The van der Waals surface area contributed by atoms with Crippen LogP contribution in [0.15, 0.2) is 67.3 Å². The molecule has 0 radical (unpaired) electrons. The van der Waals surface area contributed by atoms with Crippen LogP contribution in [0.1, 0.15) is 54.7 Å². The molecule has 11 heteroatoms. The molecule has 7 atom stereocenters. The Morgan fingerprint density at radius 1 is 1.05 bits per heavy atom. The van der Waals surface area contributed by atoms with Gasteiger partial charge in [0.05, 0.1) is 25.0 Å². The summed E-state index contributed by atoms with van der Waals surface area (Å²) in [5, 5.41) is 32.5. The molecule has 0 spiro atoms. The zero-order valence-electron chi connectivity index (χ0n) is 22.2. The van der Waals surface area contributed by atoms with E-state index in [4.69, 9.17) is 15.2 Å². The van der Waals surface area contributed by atoms with Gasteiger partial charge in [0, 0.05) is 5.92 Å². The Bertz CT molecular complexity index is 1450. The number of aliphatic hydroxyl groups excluding tert-OH is 2. The molecule has 1 aliphatic heterocycles. The summed E-state index contributed by atoms with van der Waals surface area (Å²) in [4.78, 5) is 24.6. The van der Waals surface area contributed by atoms with Gasteiger partial charge < -0.3 is 30.5 Å². The van der Waals surface area contributed by atoms with Crippen LogP contribution in [-0.2, 0) is 14.3 Å². The largest absolute Gasteiger partial charge is 0.481 e. The molecule has 5 N–H and O–H groups in total. The van der Waals surface area contributed by atoms with Crippen molar-refractivity contribution in [3.05, 3.63) is 83.9 Å². The van der Waals surface area contributed by atoms with E-state index in [9.17, 15) is 20.1 Å². The summed E-state index contributed by atoms with van der Waals surface area (Å²) in [5.41, 5.74) is 9.26. The molecule has 5 rings (SSSR count). The molecule has 2 aromatic heterocycles. The summed E-state index contributed by atoms with van der Waals surface area (Å²) in [6.45, 7) is 3.92. The highest BCUT2D eigenvalue weighted by atomic mass is 16.6. The number of carbonyl (C=O) groups is 1. The molecular weight excluding hydrogens is 514 g/mol. The molecule has 1 fully saturated rings. The van der Waals surface area contributed by atoms with E-state index in [-0.39, 0.29) is 12.2 Å². The molecule has 4 aromatic rings. The van der Waals surface area contributed by atoms with Crippen LogP contribution in [0.2, 0.25) is 0 Å². The van der Waals surface area contributed by atoms with Gasteiger partial charge in [-0.1, -0.05) is 67.1 Å². The van der Waals surface area contributed by atoms with Crippen molar-refractivity contribution in [2.45, 2.75) is 69.4 Å². The van der Waals surface area contributed by atoms with Crippen molar-refractivity contribution in [1.82, 2.24) is 19.5 Å². The molecule has 0 amide bonds. The summed E-state index contributed by atoms with van der Waals surface area (Å²) in [7, 11) is 0. The molecule has 11 nitrogen and oxygen atoms in total. The van der Waals surface area contributed by atoms with E-state index >= 15 is 0 Å². The number of nitrogens with zero attached hydrogens (tertiary/aromatic N) is 4. The molecule has 0 bridgehead atoms. The van der Waals surface area contributed by atoms with Crippen LogP contribution >= 0.6 is 0 Å². The molecule has 0 aliphatic carbocycles. The van der Waals surface area contributed by atoms with E-state index in [1.807, 2.05) is 68.4 Å². The van der Waals surface area contributed by atoms with Crippen molar-refractivity contribution >= 4 is 23.0 Å². The van der Waals surface area contributed by atoms with Gasteiger partial charge in [-0.25, -0.2) is 15.0 Å². The van der Waals surface area contributed by atoms with E-state index in [2.05, 4.69) is 15.0 Å². The number of carboxylic acids is 1. The lowest BCUT2D eigenvalue weighted by molar-refractivity contribution is -0.150. The first-order valence-electron chi connectivity index (χ1n) is 13.2. The van der Waals surface area contributed by atoms with Crippen molar-refractivity contribution in [3.63, 3.8) is 0 Å². The number of aliphatic hydroxyl groups is 2. The number of nitrogen functional groups attached to an aromatic ring is 1. The number of hydrogen-bond acceptors (Lipinski definition) is 9. The molecule has 2 unspecified atom stereocenters. The van der Waals surface area contributed by atoms with E-state index in [0.717, 1.165) is 16.7 Å². The fourth-order valence-corrected chi connectivity index (χ4v) is 5.34. The van der Waals surface area contributed by atoms with Gasteiger partial charge in [0.15, 0.2) is 17.7 Å². The first kappa shape index (κ1) is 27.7. The number of hydrogen-bond donors (Lipinski definition) is 4. The third-order valence-electron chi connectivity index (χ3n) is 7.42. The quantitative estimate of drug-likeness (QED) is 0.232. The maximum absolute atomic E-state index is 12.1. The zero-order valence-corrected chi connectivity index (χ0v) is 22.2. The topological polar surface area (TPSA) is 166 Å². The highest BCUT2D eigenvalue weighted by molar-refractivity contribution is 5.81. The van der Waals surface area contributed by atoms with Crippen molar-refractivity contribution in [1.29, 1.82) is 0 Å². The number of anilines is 1. The third kappa shape index (κ3) is 5.41. The van der Waals surface area contributed by atoms with E-state index in [1.165, 1.54) is 17.2 Å². The van der Waals surface area contributed by atoms with Gasteiger partial charge in [-0.15, -0.1) is 0 Å². The van der Waals surface area contributed by atoms with E-state index in [0.29, 0.717) is 17.6 Å². The number of aryl methyl sites for hydroxylation is 1. The summed E-state index contributed by atoms with van der Waals surface area (Å²) in [6.07, 6.45) is -3.28. The molecule has 210 valence electrons. The minimum Gasteiger partial charge on any atom is -0.481 e. The minimum atomic E-state index is -1.40. The van der Waals surface area contributed by atoms with Gasteiger partial charge in [-0.05, 0) is 24.5 Å². The standard InChI is InChI=1S/C29H33N5O6/c1-3-20(18-7-5-4-6-8-18)39-25(19(13-21(35)36)17-11-9-16(2)10-12-17)26-23(37)24(38)29(40-26)34-15-33-22-27(30)31-14-32-28(22)34/h4-12,14-15,19-20,23-26,29,37-38H,3,13H2,1-2H3,(H,35,36)(H2,30,31,32)/t19?,20-,23-,24+,25?,26-,29+/m0/s1. The molecule has 40 heavy (non-hydrogen) atoms. The predicted octanol–water partition coefficient (Wildman–Crippen LogP) is 3.13. The second kappa shape index (κ2) is 11.7. The number of benzene rings is 2. The number of ether oxygens (including phenoxy) is 2. The molecule has 2 aromatic carbocycles. The van der Waals surface area contributed by atoms with Gasteiger partial charge in [-0.2, -0.15) is 0 Å². The number of carboxylic acid groups (broad SMARTS) is 1.